The van der Waals surface area contributed by atoms with Gasteiger partial charge in [0.25, 0.3) is 0 Å². The topological polar surface area (TPSA) is 17.1 Å². The first-order chi connectivity index (χ1) is 10.1. The van der Waals surface area contributed by atoms with Crippen LogP contribution in [0.4, 0.5) is 26.3 Å². The Balaban J connectivity index is 2.61. The minimum absolute atomic E-state index is 0.665. The summed E-state index contributed by atoms with van der Waals surface area (Å²) in [5, 5.41) is -1.33. The van der Waals surface area contributed by atoms with Gasteiger partial charge in [-0.15, -0.1) is 0 Å². The summed E-state index contributed by atoms with van der Waals surface area (Å²) < 4.78 is 89.8. The van der Waals surface area contributed by atoms with Crippen LogP contribution < -0.4 is 10.6 Å². The molecule has 2 aromatic carbocycles. The van der Waals surface area contributed by atoms with Crippen LogP contribution in [-0.2, 0) is 16.9 Å². The van der Waals surface area contributed by atoms with Crippen molar-refractivity contribution >= 4 is 18.4 Å². The van der Waals surface area contributed by atoms with E-state index in [4.69, 9.17) is 0 Å². The lowest BCUT2D eigenvalue weighted by Gasteiger charge is -2.08. The summed E-state index contributed by atoms with van der Waals surface area (Å²) >= 11 is 0. The second-order valence-electron chi connectivity index (χ2n) is 4.32. The third-order valence-electron chi connectivity index (χ3n) is 2.86. The standard InChI is InChI=1S/C14H8F6OP/c15-13(16,17)9-5-1-3-7-11(9)22(21)12-8-4-2-6-10(12)14(18,19)20/h1-8H/q+1. The van der Waals surface area contributed by atoms with Crippen LogP contribution in [0, 0.1) is 0 Å². The summed E-state index contributed by atoms with van der Waals surface area (Å²) in [6.45, 7) is 0. The predicted molar refractivity (Wildman–Crippen MR) is 69.8 cm³/mol. The molecule has 0 saturated heterocycles. The van der Waals surface area contributed by atoms with Gasteiger partial charge in [0.15, 0.2) is 0 Å². The normalized spacial score (nSPS) is 12.3. The Morgan fingerprint density at radius 3 is 1.27 bits per heavy atom. The van der Waals surface area contributed by atoms with Crippen LogP contribution in [0.1, 0.15) is 11.1 Å². The van der Waals surface area contributed by atoms with Crippen molar-refractivity contribution in [3.8, 4) is 0 Å². The molecule has 0 amide bonds. The SMILES string of the molecule is O=[P+](c1ccccc1C(F)(F)F)c1ccccc1C(F)(F)F. The highest BCUT2D eigenvalue weighted by Gasteiger charge is 2.45. The van der Waals surface area contributed by atoms with E-state index in [1.807, 2.05) is 0 Å². The van der Waals surface area contributed by atoms with Gasteiger partial charge in [-0.05, 0) is 24.3 Å². The van der Waals surface area contributed by atoms with Crippen molar-refractivity contribution in [2.75, 3.05) is 0 Å². The van der Waals surface area contributed by atoms with Gasteiger partial charge in [0.05, 0.1) is 0 Å². The highest BCUT2D eigenvalue weighted by molar-refractivity contribution is 7.61. The van der Waals surface area contributed by atoms with Crippen LogP contribution in [0.25, 0.3) is 0 Å². The van der Waals surface area contributed by atoms with E-state index >= 15 is 0 Å². The fourth-order valence-electron chi connectivity index (χ4n) is 1.91. The number of benzene rings is 2. The fraction of sp³-hybridized carbons (Fsp3) is 0.143. The molecule has 0 aliphatic carbocycles. The molecule has 0 saturated carbocycles. The van der Waals surface area contributed by atoms with Crippen molar-refractivity contribution in [3.63, 3.8) is 0 Å². The molecule has 0 spiro atoms. The highest BCUT2D eigenvalue weighted by Crippen LogP contribution is 2.36. The van der Waals surface area contributed by atoms with Gasteiger partial charge < -0.3 is 0 Å². The highest BCUT2D eigenvalue weighted by atomic mass is 31.1. The van der Waals surface area contributed by atoms with E-state index in [1.165, 1.54) is 12.1 Å². The van der Waals surface area contributed by atoms with Gasteiger partial charge >= 0.3 is 20.2 Å². The lowest BCUT2D eigenvalue weighted by Crippen LogP contribution is -2.23. The molecule has 0 unspecified atom stereocenters. The van der Waals surface area contributed by atoms with Gasteiger partial charge in [-0.2, -0.15) is 26.3 Å². The predicted octanol–water partition coefficient (Wildman–Crippen LogP) is 4.50. The molecular weight excluding hydrogens is 329 g/mol. The first-order valence-corrected chi connectivity index (χ1v) is 7.18. The van der Waals surface area contributed by atoms with Gasteiger partial charge in [0.2, 0.25) is 10.6 Å². The lowest BCUT2D eigenvalue weighted by atomic mass is 10.2. The van der Waals surface area contributed by atoms with Crippen molar-refractivity contribution < 1.29 is 30.9 Å². The van der Waals surface area contributed by atoms with Gasteiger partial charge in [0, 0.05) is 0 Å². The summed E-state index contributed by atoms with van der Waals surface area (Å²) in [5.41, 5.74) is -2.40. The third kappa shape index (κ3) is 3.30. The van der Waals surface area contributed by atoms with E-state index in [0.29, 0.717) is 12.1 Å². The summed E-state index contributed by atoms with van der Waals surface area (Å²) in [5.74, 6) is 0. The Labute approximate surface area is 122 Å². The van der Waals surface area contributed by atoms with Crippen molar-refractivity contribution in [2.24, 2.45) is 0 Å². The molecule has 0 radical (unpaired) electrons. The minimum Gasteiger partial charge on any atom is -0.166 e. The maximum atomic E-state index is 12.9. The van der Waals surface area contributed by atoms with Crippen LogP contribution in [-0.4, -0.2) is 0 Å². The number of rotatable bonds is 2. The van der Waals surface area contributed by atoms with E-state index in [2.05, 4.69) is 0 Å². The van der Waals surface area contributed by atoms with Crippen LogP contribution in [0.15, 0.2) is 48.5 Å². The number of alkyl halides is 6. The molecule has 0 heterocycles. The summed E-state index contributed by atoms with van der Waals surface area (Å²) in [6.07, 6.45) is -9.59. The molecule has 0 aliphatic heterocycles. The maximum absolute atomic E-state index is 12.9. The molecule has 0 N–H and O–H groups in total. The first-order valence-electron chi connectivity index (χ1n) is 5.92. The molecule has 0 atom stereocenters. The average Bonchev–Trinajstić information content (AvgIpc) is 2.45. The molecule has 0 fully saturated rings. The van der Waals surface area contributed by atoms with Crippen LogP contribution in [0.2, 0.25) is 0 Å². The smallest absolute Gasteiger partial charge is 0.166 e. The molecule has 2 rings (SSSR count). The molecule has 1 nitrogen and oxygen atoms in total. The minimum atomic E-state index is -4.80. The van der Waals surface area contributed by atoms with Crippen molar-refractivity contribution in [3.05, 3.63) is 59.7 Å². The largest absolute Gasteiger partial charge is 0.420 e. The van der Waals surface area contributed by atoms with E-state index < -0.39 is 41.9 Å². The van der Waals surface area contributed by atoms with Crippen LogP contribution >= 0.6 is 7.80 Å². The molecule has 2 aromatic rings. The Hall–Kier alpha value is -1.88. The summed E-state index contributed by atoms with van der Waals surface area (Å²) in [7, 11) is -3.03. The van der Waals surface area contributed by atoms with Crippen molar-refractivity contribution in [1.29, 1.82) is 0 Å². The molecule has 0 bridgehead atoms. The van der Waals surface area contributed by atoms with Crippen LogP contribution in [0.5, 0.6) is 0 Å². The average molecular weight is 337 g/mol. The van der Waals surface area contributed by atoms with Crippen LogP contribution in [0.3, 0.4) is 0 Å². The van der Waals surface area contributed by atoms with E-state index in [-0.39, 0.29) is 0 Å². The quantitative estimate of drug-likeness (QED) is 0.582. The Morgan fingerprint density at radius 1 is 0.636 bits per heavy atom. The second kappa shape index (κ2) is 5.72. The molecule has 8 heteroatoms. The zero-order valence-corrected chi connectivity index (χ0v) is 11.6. The molecule has 22 heavy (non-hydrogen) atoms. The number of hydrogen-bond acceptors (Lipinski definition) is 1. The van der Waals surface area contributed by atoms with E-state index in [0.717, 1.165) is 24.3 Å². The maximum Gasteiger partial charge on any atom is 0.420 e. The molecule has 116 valence electrons. The monoisotopic (exact) mass is 337 g/mol. The lowest BCUT2D eigenvalue weighted by molar-refractivity contribution is -0.137. The van der Waals surface area contributed by atoms with Crippen molar-refractivity contribution in [2.45, 2.75) is 12.4 Å². The first kappa shape index (κ1) is 16.5. The molecule has 0 aliphatic rings. The molecular formula is C14H8F6OP+. The van der Waals surface area contributed by atoms with E-state index in [1.54, 1.807) is 0 Å². The van der Waals surface area contributed by atoms with E-state index in [9.17, 15) is 30.9 Å². The van der Waals surface area contributed by atoms with Crippen molar-refractivity contribution in [1.82, 2.24) is 0 Å². The zero-order chi connectivity index (χ0) is 16.5. The number of halogens is 6. The Bertz CT molecular complexity index is 645. The van der Waals surface area contributed by atoms with Gasteiger partial charge in [-0.1, -0.05) is 28.8 Å². The second-order valence-corrected chi connectivity index (χ2v) is 5.88. The summed E-state index contributed by atoms with van der Waals surface area (Å²) in [6, 6.07) is 7.82. The summed E-state index contributed by atoms with van der Waals surface area (Å²) in [4.78, 5) is 0. The Kier molecular flexibility index (Phi) is 4.29. The Morgan fingerprint density at radius 2 is 0.955 bits per heavy atom. The van der Waals surface area contributed by atoms with Gasteiger partial charge in [-0.3, -0.25) is 0 Å². The van der Waals surface area contributed by atoms with Gasteiger partial charge in [-0.25, -0.2) is 0 Å². The zero-order valence-electron chi connectivity index (χ0n) is 10.7. The number of hydrogen-bond donors (Lipinski definition) is 0. The van der Waals surface area contributed by atoms with Gasteiger partial charge in [0.1, 0.15) is 11.1 Å². The third-order valence-corrected chi connectivity index (χ3v) is 4.51. The molecule has 0 aromatic heterocycles. The fourth-order valence-corrected chi connectivity index (χ4v) is 3.45.